The van der Waals surface area contributed by atoms with Crippen molar-refractivity contribution in [2.24, 2.45) is 10.4 Å². The summed E-state index contributed by atoms with van der Waals surface area (Å²) in [7, 11) is -4.05. The van der Waals surface area contributed by atoms with Gasteiger partial charge in [-0.05, 0) is 55.9 Å². The first-order valence-corrected chi connectivity index (χ1v) is 14.7. The molecule has 0 aromatic heterocycles. The molecule has 1 atom stereocenters. The number of nitrogens with zero attached hydrogens (tertiary/aromatic N) is 2. The van der Waals surface area contributed by atoms with Gasteiger partial charge in [0.15, 0.2) is 6.04 Å². The van der Waals surface area contributed by atoms with Crippen molar-refractivity contribution in [2.45, 2.75) is 78.4 Å². The van der Waals surface area contributed by atoms with Crippen molar-refractivity contribution in [3.63, 3.8) is 0 Å². The monoisotopic (exact) mass is 594 g/mol. The molecule has 1 aromatic rings. The lowest BCUT2D eigenvalue weighted by molar-refractivity contribution is -0.123. The average molecular weight is 596 g/mol. The zero-order chi connectivity index (χ0) is 29.1. The summed E-state index contributed by atoms with van der Waals surface area (Å²) in [6.07, 6.45) is -0.636. The predicted molar refractivity (Wildman–Crippen MR) is 151 cm³/mol. The molecule has 0 bridgehead atoms. The van der Waals surface area contributed by atoms with Crippen LogP contribution >= 0.6 is 23.2 Å². The molecule has 1 aliphatic rings. The number of aliphatic imine (C=N–C) groups is 1. The van der Waals surface area contributed by atoms with Crippen molar-refractivity contribution in [1.29, 1.82) is 0 Å². The van der Waals surface area contributed by atoms with E-state index in [0.717, 1.165) is 4.31 Å². The van der Waals surface area contributed by atoms with Gasteiger partial charge in [0.1, 0.15) is 5.84 Å². The third-order valence-corrected chi connectivity index (χ3v) is 8.51. The molecule has 2 rings (SSSR count). The summed E-state index contributed by atoms with van der Waals surface area (Å²) in [4.78, 5) is 17.4. The average Bonchev–Trinajstić information content (AvgIpc) is 3.10. The molecule has 0 aliphatic carbocycles. The zero-order valence-corrected chi connectivity index (χ0v) is 25.1. The molecule has 0 saturated carbocycles. The molecule has 1 heterocycles. The predicted octanol–water partition coefficient (Wildman–Crippen LogP) is 5.43. The van der Waals surface area contributed by atoms with Crippen molar-refractivity contribution in [3.05, 3.63) is 46.0 Å². The Morgan fingerprint density at radius 1 is 1.21 bits per heavy atom. The number of amidine groups is 1. The molecule has 7 nitrogen and oxygen atoms in total. The number of carbonyl (C=O) groups is 1. The Balaban J connectivity index is 2.19. The summed E-state index contributed by atoms with van der Waals surface area (Å²) < 4.78 is 54.2. The largest absolute Gasteiger partial charge is 0.363 e. The van der Waals surface area contributed by atoms with Gasteiger partial charge in [0, 0.05) is 26.1 Å². The molecule has 0 saturated heterocycles. The summed E-state index contributed by atoms with van der Waals surface area (Å²) in [6.45, 7) is 14.9. The van der Waals surface area contributed by atoms with Gasteiger partial charge in [-0.15, -0.1) is 0 Å². The molecule has 0 radical (unpaired) electrons. The van der Waals surface area contributed by atoms with E-state index in [1.54, 1.807) is 18.2 Å². The highest BCUT2D eigenvalue weighted by atomic mass is 35.5. The molecule has 0 fully saturated rings. The van der Waals surface area contributed by atoms with Crippen LogP contribution in [0.3, 0.4) is 0 Å². The van der Waals surface area contributed by atoms with Crippen LogP contribution in [0.5, 0.6) is 0 Å². The van der Waals surface area contributed by atoms with Gasteiger partial charge in [0.2, 0.25) is 21.9 Å². The number of halogens is 4. The van der Waals surface area contributed by atoms with Crippen molar-refractivity contribution in [2.75, 3.05) is 18.8 Å². The molecular formula is C26H38Cl2F2N4O3S. The fourth-order valence-corrected chi connectivity index (χ4v) is 5.60. The fraction of sp³-hybridized carbons (Fsp3) is 0.615. The Morgan fingerprint density at radius 3 is 2.39 bits per heavy atom. The van der Waals surface area contributed by atoms with E-state index in [4.69, 9.17) is 23.2 Å². The van der Waals surface area contributed by atoms with Crippen molar-refractivity contribution >= 4 is 45.0 Å². The third kappa shape index (κ3) is 9.77. The van der Waals surface area contributed by atoms with Crippen molar-refractivity contribution in [3.8, 4) is 0 Å². The standard InChI is InChI=1S/C26H38Cl2F2N4O3S/c1-17(22-32-21(25(5,6)33-22)23(35)31-16-24(2,3)4)10-12-34(38(36,37)13-11-26(7,29)30)15-18-8-9-19(27)20(28)14-18/h8-9,14,21H,1,10-13,15-16H2,2-7H3,(H,31,35)(H,32,33)/t21-/m0/s1. The van der Waals surface area contributed by atoms with Gasteiger partial charge in [0.25, 0.3) is 0 Å². The minimum absolute atomic E-state index is 0.0291. The maximum absolute atomic E-state index is 13.5. The van der Waals surface area contributed by atoms with Crippen LogP contribution in [0.1, 0.15) is 59.9 Å². The lowest BCUT2D eigenvalue weighted by Gasteiger charge is -2.27. The smallest absolute Gasteiger partial charge is 0.247 e. The number of carbonyl (C=O) groups excluding carboxylic acids is 1. The van der Waals surface area contributed by atoms with E-state index in [1.165, 1.54) is 0 Å². The van der Waals surface area contributed by atoms with Crippen LogP contribution in [0.2, 0.25) is 10.0 Å². The molecule has 12 heteroatoms. The molecule has 0 unspecified atom stereocenters. The van der Waals surface area contributed by atoms with Crippen LogP contribution in [0.4, 0.5) is 8.78 Å². The topological polar surface area (TPSA) is 90.9 Å². The Bertz CT molecular complexity index is 1180. The lowest BCUT2D eigenvalue weighted by atomic mass is 9.94. The molecule has 214 valence electrons. The summed E-state index contributed by atoms with van der Waals surface area (Å²) in [5.74, 6) is -3.64. The SMILES string of the molecule is C=C(CCN(Cc1ccc(Cl)c(Cl)c1)S(=O)(=O)CCC(C)(F)F)C1=N[C@@H](C(=O)NCC(C)(C)C)C(C)(C)N1. The van der Waals surface area contributed by atoms with E-state index >= 15 is 0 Å². The van der Waals surface area contributed by atoms with E-state index in [2.05, 4.69) is 22.2 Å². The molecule has 0 spiro atoms. The van der Waals surface area contributed by atoms with Gasteiger partial charge in [-0.3, -0.25) is 9.79 Å². The highest BCUT2D eigenvalue weighted by Crippen LogP contribution is 2.26. The quantitative estimate of drug-likeness (QED) is 0.337. The molecule has 1 aromatic carbocycles. The number of benzene rings is 1. The first-order valence-electron chi connectivity index (χ1n) is 12.3. The van der Waals surface area contributed by atoms with Crippen molar-refractivity contribution in [1.82, 2.24) is 14.9 Å². The Hall–Kier alpha value is -1.75. The molecular weight excluding hydrogens is 557 g/mol. The summed E-state index contributed by atoms with van der Waals surface area (Å²) >= 11 is 12.1. The number of hydrogen-bond donors (Lipinski definition) is 2. The maximum atomic E-state index is 13.5. The van der Waals surface area contributed by atoms with Gasteiger partial charge < -0.3 is 10.6 Å². The van der Waals surface area contributed by atoms with Crippen LogP contribution in [0, 0.1) is 5.41 Å². The summed E-state index contributed by atoms with van der Waals surface area (Å²) in [5, 5.41) is 6.72. The molecule has 1 aliphatic heterocycles. The minimum Gasteiger partial charge on any atom is -0.363 e. The van der Waals surface area contributed by atoms with Gasteiger partial charge in [-0.25, -0.2) is 17.2 Å². The number of alkyl halides is 2. The van der Waals surface area contributed by atoms with Crippen LogP contribution in [0.15, 0.2) is 35.3 Å². The number of rotatable bonds is 12. The van der Waals surface area contributed by atoms with Gasteiger partial charge >= 0.3 is 0 Å². The second kappa shape index (κ2) is 12.2. The van der Waals surface area contributed by atoms with Crippen LogP contribution in [-0.4, -0.2) is 60.8 Å². The molecule has 2 N–H and O–H groups in total. The number of amides is 1. The lowest BCUT2D eigenvalue weighted by Crippen LogP contribution is -2.52. The highest BCUT2D eigenvalue weighted by Gasteiger charge is 2.41. The number of nitrogens with one attached hydrogen (secondary N) is 2. The molecule has 1 amide bonds. The third-order valence-electron chi connectivity index (χ3n) is 5.96. The molecule has 38 heavy (non-hydrogen) atoms. The van der Waals surface area contributed by atoms with E-state index in [1.807, 2.05) is 34.6 Å². The van der Waals surface area contributed by atoms with E-state index < -0.39 is 39.7 Å². The van der Waals surface area contributed by atoms with E-state index in [9.17, 15) is 22.0 Å². The van der Waals surface area contributed by atoms with Crippen LogP contribution in [-0.2, 0) is 21.4 Å². The summed E-state index contributed by atoms with van der Waals surface area (Å²) in [6, 6.07) is 4.03. The highest BCUT2D eigenvalue weighted by molar-refractivity contribution is 7.89. The first kappa shape index (κ1) is 32.5. The second-order valence-electron chi connectivity index (χ2n) is 11.6. The van der Waals surface area contributed by atoms with Crippen LogP contribution < -0.4 is 10.6 Å². The maximum Gasteiger partial charge on any atom is 0.247 e. The Morgan fingerprint density at radius 2 is 1.84 bits per heavy atom. The first-order chi connectivity index (χ1) is 17.2. The van der Waals surface area contributed by atoms with E-state index in [-0.39, 0.29) is 35.9 Å². The second-order valence-corrected chi connectivity index (χ2v) is 14.5. The Kier molecular flexibility index (Phi) is 10.4. The normalized spacial score (nSPS) is 17.8. The number of sulfonamides is 1. The Labute approximate surface area is 235 Å². The van der Waals surface area contributed by atoms with Gasteiger partial charge in [0.05, 0.1) is 21.3 Å². The minimum atomic E-state index is -4.05. The van der Waals surface area contributed by atoms with Gasteiger partial charge in [-0.2, -0.15) is 4.31 Å². The van der Waals surface area contributed by atoms with E-state index in [0.29, 0.717) is 35.5 Å². The number of hydrogen-bond acceptors (Lipinski definition) is 5. The fourth-order valence-electron chi connectivity index (χ4n) is 3.68. The van der Waals surface area contributed by atoms with Crippen LogP contribution in [0.25, 0.3) is 0 Å². The van der Waals surface area contributed by atoms with Crippen molar-refractivity contribution < 1.29 is 22.0 Å². The van der Waals surface area contributed by atoms with Gasteiger partial charge in [-0.1, -0.05) is 56.6 Å². The summed E-state index contributed by atoms with van der Waals surface area (Å²) in [5.41, 5.74) is 0.287. The zero-order valence-electron chi connectivity index (χ0n) is 22.8.